The highest BCUT2D eigenvalue weighted by molar-refractivity contribution is 5.93. The van der Waals surface area contributed by atoms with Gasteiger partial charge in [-0.3, -0.25) is 9.78 Å². The molecular formula is C15H14FN3O. The van der Waals surface area contributed by atoms with Crippen molar-refractivity contribution < 1.29 is 9.18 Å². The van der Waals surface area contributed by atoms with E-state index >= 15 is 0 Å². The molecule has 1 heterocycles. The largest absolute Gasteiger partial charge is 0.355 e. The number of benzene rings is 1. The lowest BCUT2D eigenvalue weighted by atomic mass is 10.2. The lowest BCUT2D eigenvalue weighted by molar-refractivity contribution is 0.0946. The Hall–Kier alpha value is -2.43. The van der Waals surface area contributed by atoms with Crippen LogP contribution in [0.5, 0.6) is 0 Å². The molecule has 0 atom stereocenters. The van der Waals surface area contributed by atoms with Crippen molar-refractivity contribution in [2.75, 3.05) is 5.32 Å². The molecule has 1 aliphatic rings. The molecule has 1 aromatic heterocycles. The van der Waals surface area contributed by atoms with Crippen LogP contribution < -0.4 is 10.6 Å². The van der Waals surface area contributed by atoms with Gasteiger partial charge in [0.05, 0.1) is 0 Å². The summed E-state index contributed by atoms with van der Waals surface area (Å²) in [4.78, 5) is 16.0. The minimum Gasteiger partial charge on any atom is -0.355 e. The summed E-state index contributed by atoms with van der Waals surface area (Å²) in [6.45, 7) is 0. The van der Waals surface area contributed by atoms with Gasteiger partial charge in [0.25, 0.3) is 5.91 Å². The lowest BCUT2D eigenvalue weighted by Gasteiger charge is -2.08. The normalized spacial score (nSPS) is 13.8. The molecule has 2 N–H and O–H groups in total. The van der Waals surface area contributed by atoms with E-state index in [0.717, 1.165) is 24.2 Å². The Morgan fingerprint density at radius 3 is 2.60 bits per heavy atom. The van der Waals surface area contributed by atoms with Gasteiger partial charge in [-0.05, 0) is 49.2 Å². The minimum atomic E-state index is -0.283. The van der Waals surface area contributed by atoms with Crippen LogP contribution in [0.25, 0.3) is 0 Å². The van der Waals surface area contributed by atoms with Gasteiger partial charge in [-0.2, -0.15) is 0 Å². The molecule has 4 nitrogen and oxygen atoms in total. The van der Waals surface area contributed by atoms with Crippen LogP contribution in [0.15, 0.2) is 42.6 Å². The lowest BCUT2D eigenvalue weighted by Crippen LogP contribution is -2.26. The maximum Gasteiger partial charge on any atom is 0.270 e. The zero-order chi connectivity index (χ0) is 13.9. The van der Waals surface area contributed by atoms with E-state index in [2.05, 4.69) is 15.6 Å². The highest BCUT2D eigenvalue weighted by Gasteiger charge is 2.24. The van der Waals surface area contributed by atoms with Crippen molar-refractivity contribution in [2.24, 2.45) is 0 Å². The number of aromatic nitrogens is 1. The Labute approximate surface area is 116 Å². The van der Waals surface area contributed by atoms with Gasteiger partial charge in [0.2, 0.25) is 0 Å². The Kier molecular flexibility index (Phi) is 3.33. The molecule has 3 rings (SSSR count). The van der Waals surface area contributed by atoms with E-state index in [1.165, 1.54) is 12.1 Å². The summed E-state index contributed by atoms with van der Waals surface area (Å²) in [6, 6.07) is 9.78. The number of nitrogens with one attached hydrogen (secondary N) is 2. The van der Waals surface area contributed by atoms with Crippen LogP contribution in [-0.2, 0) is 0 Å². The van der Waals surface area contributed by atoms with E-state index in [1.54, 1.807) is 30.5 Å². The number of amides is 1. The number of hydrogen-bond acceptors (Lipinski definition) is 3. The first-order valence-corrected chi connectivity index (χ1v) is 6.50. The number of anilines is 2. The molecule has 2 aromatic rings. The smallest absolute Gasteiger partial charge is 0.270 e. The van der Waals surface area contributed by atoms with Gasteiger partial charge in [-0.15, -0.1) is 0 Å². The van der Waals surface area contributed by atoms with Crippen molar-refractivity contribution in [2.45, 2.75) is 18.9 Å². The molecule has 1 saturated carbocycles. The summed E-state index contributed by atoms with van der Waals surface area (Å²) in [6.07, 6.45) is 3.66. The monoisotopic (exact) mass is 271 g/mol. The number of carbonyl (C=O) groups excluding carboxylic acids is 1. The Morgan fingerprint density at radius 1 is 1.15 bits per heavy atom. The van der Waals surface area contributed by atoms with Crippen LogP contribution in [0, 0.1) is 5.82 Å². The first-order valence-electron chi connectivity index (χ1n) is 6.50. The highest BCUT2D eigenvalue weighted by atomic mass is 19.1. The molecule has 1 amide bonds. The summed E-state index contributed by atoms with van der Waals surface area (Å²) in [5.41, 5.74) is 1.88. The molecule has 0 bridgehead atoms. The van der Waals surface area contributed by atoms with Gasteiger partial charge in [0.1, 0.15) is 11.5 Å². The highest BCUT2D eigenvalue weighted by Crippen LogP contribution is 2.20. The molecule has 20 heavy (non-hydrogen) atoms. The topological polar surface area (TPSA) is 54.0 Å². The van der Waals surface area contributed by atoms with E-state index in [9.17, 15) is 9.18 Å². The predicted octanol–water partition coefficient (Wildman–Crippen LogP) is 2.86. The third kappa shape index (κ3) is 3.12. The van der Waals surface area contributed by atoms with E-state index in [-0.39, 0.29) is 11.7 Å². The number of halogens is 1. The number of carbonyl (C=O) groups is 1. The summed E-state index contributed by atoms with van der Waals surface area (Å²) in [5, 5.41) is 6.00. The van der Waals surface area contributed by atoms with Gasteiger partial charge in [-0.1, -0.05) is 0 Å². The van der Waals surface area contributed by atoms with Crippen molar-refractivity contribution in [1.82, 2.24) is 10.3 Å². The molecule has 0 saturated heterocycles. The molecule has 1 aromatic carbocycles. The molecule has 0 radical (unpaired) electrons. The Bertz CT molecular complexity index is 623. The average Bonchev–Trinajstić information content (AvgIpc) is 3.26. The summed E-state index contributed by atoms with van der Waals surface area (Å²) >= 11 is 0. The second-order valence-corrected chi connectivity index (χ2v) is 4.81. The molecule has 1 fully saturated rings. The summed E-state index contributed by atoms with van der Waals surface area (Å²) < 4.78 is 12.8. The van der Waals surface area contributed by atoms with Gasteiger partial charge in [0.15, 0.2) is 0 Å². The molecule has 0 spiro atoms. The zero-order valence-corrected chi connectivity index (χ0v) is 10.8. The van der Waals surface area contributed by atoms with Crippen molar-refractivity contribution in [1.29, 1.82) is 0 Å². The van der Waals surface area contributed by atoms with E-state index in [1.807, 2.05) is 0 Å². The number of nitrogens with zero attached hydrogens (tertiary/aromatic N) is 1. The predicted molar refractivity (Wildman–Crippen MR) is 74.4 cm³/mol. The second-order valence-electron chi connectivity index (χ2n) is 4.81. The van der Waals surface area contributed by atoms with Crippen LogP contribution in [0.1, 0.15) is 23.3 Å². The third-order valence-corrected chi connectivity index (χ3v) is 3.04. The molecular weight excluding hydrogens is 257 g/mol. The number of rotatable bonds is 4. The molecule has 102 valence electrons. The Balaban J connectivity index is 1.73. The van der Waals surface area contributed by atoms with Crippen LogP contribution in [0.3, 0.4) is 0 Å². The third-order valence-electron chi connectivity index (χ3n) is 3.04. The van der Waals surface area contributed by atoms with E-state index in [4.69, 9.17) is 0 Å². The second kappa shape index (κ2) is 5.28. The maximum atomic E-state index is 12.8. The quantitative estimate of drug-likeness (QED) is 0.899. The molecule has 0 aliphatic heterocycles. The van der Waals surface area contributed by atoms with Gasteiger partial charge >= 0.3 is 0 Å². The Morgan fingerprint density at radius 2 is 1.90 bits per heavy atom. The van der Waals surface area contributed by atoms with Crippen molar-refractivity contribution in [3.8, 4) is 0 Å². The fourth-order valence-electron chi connectivity index (χ4n) is 1.82. The van der Waals surface area contributed by atoms with E-state index < -0.39 is 0 Å². The van der Waals surface area contributed by atoms with Crippen molar-refractivity contribution >= 4 is 17.3 Å². The number of hydrogen-bond donors (Lipinski definition) is 2. The molecule has 1 aliphatic carbocycles. The van der Waals surface area contributed by atoms with Gasteiger partial charge < -0.3 is 10.6 Å². The van der Waals surface area contributed by atoms with Gasteiger partial charge in [0, 0.05) is 23.6 Å². The van der Waals surface area contributed by atoms with Gasteiger partial charge in [-0.25, -0.2) is 4.39 Å². The SMILES string of the molecule is O=C(NC1CC1)c1cc(Nc2ccc(F)cc2)ccn1. The molecule has 5 heteroatoms. The van der Waals surface area contributed by atoms with Crippen molar-refractivity contribution in [3.05, 3.63) is 54.1 Å². The first kappa shape index (κ1) is 12.6. The summed E-state index contributed by atoms with van der Waals surface area (Å²) in [7, 11) is 0. The van der Waals surface area contributed by atoms with Crippen LogP contribution >= 0.6 is 0 Å². The number of pyridine rings is 1. The van der Waals surface area contributed by atoms with Crippen molar-refractivity contribution in [3.63, 3.8) is 0 Å². The maximum absolute atomic E-state index is 12.8. The van der Waals surface area contributed by atoms with Crippen LogP contribution in [-0.4, -0.2) is 16.9 Å². The summed E-state index contributed by atoms with van der Waals surface area (Å²) in [5.74, 6) is -0.440. The minimum absolute atomic E-state index is 0.157. The van der Waals surface area contributed by atoms with Crippen LogP contribution in [0.4, 0.5) is 15.8 Å². The fourth-order valence-corrected chi connectivity index (χ4v) is 1.82. The molecule has 0 unspecified atom stereocenters. The van der Waals surface area contributed by atoms with Crippen LogP contribution in [0.2, 0.25) is 0 Å². The standard InChI is InChI=1S/C15H14FN3O/c16-10-1-3-11(4-2-10)18-13-7-8-17-14(9-13)15(20)19-12-5-6-12/h1-4,7-9,12H,5-6H2,(H,17,18)(H,19,20). The van der Waals surface area contributed by atoms with E-state index in [0.29, 0.717) is 11.7 Å². The zero-order valence-electron chi connectivity index (χ0n) is 10.8. The first-order chi connectivity index (χ1) is 9.70. The fraction of sp³-hybridized carbons (Fsp3) is 0.200. The average molecular weight is 271 g/mol.